The lowest BCUT2D eigenvalue weighted by Crippen LogP contribution is -2.14. The third kappa shape index (κ3) is 2.30. The van der Waals surface area contributed by atoms with Gasteiger partial charge in [-0.05, 0) is 28.1 Å². The summed E-state index contributed by atoms with van der Waals surface area (Å²) in [4.78, 5) is 7.38. The van der Waals surface area contributed by atoms with Crippen LogP contribution in [-0.4, -0.2) is 16.6 Å². The normalized spacial score (nSPS) is 14.2. The lowest BCUT2D eigenvalue weighted by atomic mass is 10.1. The molecule has 0 amide bonds. The number of benzene rings is 1. The van der Waals surface area contributed by atoms with E-state index in [0.29, 0.717) is 35.7 Å². The van der Waals surface area contributed by atoms with Gasteiger partial charge in [-0.15, -0.1) is 0 Å². The maximum absolute atomic E-state index is 13.6. The number of fused-ring (bicyclic) bond motifs is 1. The van der Waals surface area contributed by atoms with Crippen molar-refractivity contribution in [3.05, 3.63) is 44.1 Å². The van der Waals surface area contributed by atoms with Crippen LogP contribution in [0.4, 0.5) is 8.78 Å². The molecule has 0 saturated heterocycles. The molecule has 1 N–H and O–H groups in total. The molecule has 3 nitrogen and oxygen atoms in total. The average Bonchev–Trinajstić information content (AvgIpc) is 2.45. The van der Waals surface area contributed by atoms with Gasteiger partial charge in [-0.2, -0.15) is 0 Å². The van der Waals surface area contributed by atoms with Gasteiger partial charge in [-0.3, -0.25) is 0 Å². The molecule has 1 aromatic carbocycles. The first-order chi connectivity index (χ1) is 9.58. The number of nitrogens with zero attached hydrogens (tertiary/aromatic N) is 1. The summed E-state index contributed by atoms with van der Waals surface area (Å²) in [6.45, 7) is 1.03. The van der Waals surface area contributed by atoms with E-state index in [4.69, 9.17) is 17.0 Å². The minimum Gasteiger partial charge on any atom is -0.376 e. The number of hydrogen-bond donors (Lipinski definition) is 1. The number of aromatic amines is 1. The summed E-state index contributed by atoms with van der Waals surface area (Å²) < 4.78 is 32.5. The fraction of sp³-hybridized carbons (Fsp3) is 0.231. The Bertz CT molecular complexity index is 748. The van der Waals surface area contributed by atoms with Crippen molar-refractivity contribution in [2.45, 2.75) is 13.0 Å². The number of aromatic nitrogens is 2. The Morgan fingerprint density at radius 3 is 2.95 bits per heavy atom. The van der Waals surface area contributed by atoms with Crippen molar-refractivity contribution in [3.8, 4) is 11.4 Å². The van der Waals surface area contributed by atoms with Crippen LogP contribution in [0.3, 0.4) is 0 Å². The van der Waals surface area contributed by atoms with Crippen molar-refractivity contribution in [1.29, 1.82) is 0 Å². The molecule has 104 valence electrons. The SMILES string of the molecule is Fc1ccc(-c2nc(=S)c3c([nH]2)CCOC3)c(Br)c1F. The van der Waals surface area contributed by atoms with E-state index in [1.54, 1.807) is 0 Å². The Balaban J connectivity index is 2.19. The Hall–Kier alpha value is -1.18. The Kier molecular flexibility index (Phi) is 3.66. The van der Waals surface area contributed by atoms with Gasteiger partial charge in [0.2, 0.25) is 0 Å². The zero-order chi connectivity index (χ0) is 14.3. The molecule has 1 aliphatic rings. The second kappa shape index (κ2) is 5.31. The number of H-pyrrole nitrogens is 1. The van der Waals surface area contributed by atoms with Gasteiger partial charge in [-0.1, -0.05) is 12.2 Å². The van der Waals surface area contributed by atoms with Crippen molar-refractivity contribution in [2.24, 2.45) is 0 Å². The number of hydrogen-bond acceptors (Lipinski definition) is 3. The first-order valence-corrected chi connectivity index (χ1v) is 7.11. The largest absolute Gasteiger partial charge is 0.376 e. The predicted octanol–water partition coefficient (Wildman–Crippen LogP) is 3.92. The molecule has 0 fully saturated rings. The molecule has 0 bridgehead atoms. The standard InChI is InChI=1S/C13H9BrF2N2OS/c14-10-6(1-2-8(15)11(10)16)12-17-9-3-4-19-5-7(9)13(20)18-12/h1-2H,3-5H2,(H,17,18,20). The molecule has 0 aliphatic carbocycles. The molecule has 2 heterocycles. The van der Waals surface area contributed by atoms with E-state index in [2.05, 4.69) is 25.9 Å². The average molecular weight is 359 g/mol. The molecule has 2 aromatic rings. The topological polar surface area (TPSA) is 37.9 Å². The van der Waals surface area contributed by atoms with Gasteiger partial charge in [0.15, 0.2) is 11.6 Å². The molecular weight excluding hydrogens is 350 g/mol. The van der Waals surface area contributed by atoms with E-state index in [1.807, 2.05) is 0 Å². The third-order valence-corrected chi connectivity index (χ3v) is 4.25. The highest BCUT2D eigenvalue weighted by atomic mass is 79.9. The van der Waals surface area contributed by atoms with Crippen molar-refractivity contribution in [3.63, 3.8) is 0 Å². The number of nitrogens with one attached hydrogen (secondary N) is 1. The van der Waals surface area contributed by atoms with E-state index >= 15 is 0 Å². The molecule has 7 heteroatoms. The second-order valence-electron chi connectivity index (χ2n) is 4.37. The summed E-state index contributed by atoms with van der Waals surface area (Å²) in [7, 11) is 0. The smallest absolute Gasteiger partial charge is 0.173 e. The van der Waals surface area contributed by atoms with E-state index in [9.17, 15) is 8.78 Å². The highest BCUT2D eigenvalue weighted by molar-refractivity contribution is 9.10. The van der Waals surface area contributed by atoms with Crippen molar-refractivity contribution in [1.82, 2.24) is 9.97 Å². The lowest BCUT2D eigenvalue weighted by molar-refractivity contribution is 0.108. The summed E-state index contributed by atoms with van der Waals surface area (Å²) in [6.07, 6.45) is 0.690. The van der Waals surface area contributed by atoms with E-state index in [-0.39, 0.29) is 4.47 Å². The Labute approximate surface area is 127 Å². The van der Waals surface area contributed by atoms with Crippen LogP contribution >= 0.6 is 28.1 Å². The van der Waals surface area contributed by atoms with Crippen LogP contribution < -0.4 is 0 Å². The fourth-order valence-electron chi connectivity index (χ4n) is 2.09. The molecule has 0 saturated carbocycles. The van der Waals surface area contributed by atoms with Gasteiger partial charge in [0.05, 0.1) is 17.7 Å². The lowest BCUT2D eigenvalue weighted by Gasteiger charge is -2.17. The maximum atomic E-state index is 13.6. The van der Waals surface area contributed by atoms with E-state index in [0.717, 1.165) is 17.3 Å². The van der Waals surface area contributed by atoms with Crippen molar-refractivity contribution in [2.75, 3.05) is 6.61 Å². The van der Waals surface area contributed by atoms with Crippen LogP contribution in [0.1, 0.15) is 11.3 Å². The number of rotatable bonds is 1. The van der Waals surface area contributed by atoms with Gasteiger partial charge >= 0.3 is 0 Å². The van der Waals surface area contributed by atoms with Gasteiger partial charge < -0.3 is 9.72 Å². The van der Waals surface area contributed by atoms with E-state index in [1.165, 1.54) is 6.07 Å². The number of ether oxygens (including phenoxy) is 1. The molecule has 0 unspecified atom stereocenters. The first kappa shape index (κ1) is 13.8. The van der Waals surface area contributed by atoms with Crippen molar-refractivity contribution >= 4 is 28.1 Å². The van der Waals surface area contributed by atoms with E-state index < -0.39 is 11.6 Å². The summed E-state index contributed by atoms with van der Waals surface area (Å²) in [5.74, 6) is -1.43. The zero-order valence-corrected chi connectivity index (χ0v) is 12.6. The molecule has 20 heavy (non-hydrogen) atoms. The molecule has 0 spiro atoms. The van der Waals surface area contributed by atoms with Crippen LogP contribution in [0, 0.1) is 16.3 Å². The van der Waals surface area contributed by atoms with Crippen molar-refractivity contribution < 1.29 is 13.5 Å². The quantitative estimate of drug-likeness (QED) is 0.620. The summed E-state index contributed by atoms with van der Waals surface area (Å²) in [6, 6.07) is 2.53. The minimum absolute atomic E-state index is 0.0302. The highest BCUT2D eigenvalue weighted by Crippen LogP contribution is 2.30. The second-order valence-corrected chi connectivity index (χ2v) is 5.55. The van der Waals surface area contributed by atoms with Crippen LogP contribution in [-0.2, 0) is 17.8 Å². The molecular formula is C13H9BrF2N2OS. The highest BCUT2D eigenvalue weighted by Gasteiger charge is 2.18. The fourth-order valence-corrected chi connectivity index (χ4v) is 2.87. The molecule has 3 rings (SSSR count). The zero-order valence-electron chi connectivity index (χ0n) is 10.2. The van der Waals surface area contributed by atoms with Gasteiger partial charge in [-0.25, -0.2) is 13.8 Å². The van der Waals surface area contributed by atoms with Gasteiger partial charge in [0.1, 0.15) is 10.5 Å². The summed E-state index contributed by atoms with van der Waals surface area (Å²) >= 11 is 8.29. The predicted molar refractivity (Wildman–Crippen MR) is 75.8 cm³/mol. The van der Waals surface area contributed by atoms with Gasteiger partial charge in [0, 0.05) is 23.2 Å². The van der Waals surface area contributed by atoms with Crippen LogP contribution in [0.2, 0.25) is 0 Å². The summed E-state index contributed by atoms with van der Waals surface area (Å²) in [5.41, 5.74) is 2.22. The Morgan fingerprint density at radius 1 is 1.35 bits per heavy atom. The summed E-state index contributed by atoms with van der Waals surface area (Å²) in [5, 5.41) is 0. The van der Waals surface area contributed by atoms with Crippen LogP contribution in [0.5, 0.6) is 0 Å². The first-order valence-electron chi connectivity index (χ1n) is 5.91. The van der Waals surface area contributed by atoms with Crippen LogP contribution in [0.25, 0.3) is 11.4 Å². The minimum atomic E-state index is -0.940. The van der Waals surface area contributed by atoms with Gasteiger partial charge in [0.25, 0.3) is 0 Å². The molecule has 1 aliphatic heterocycles. The third-order valence-electron chi connectivity index (χ3n) is 3.14. The molecule has 0 atom stereocenters. The monoisotopic (exact) mass is 358 g/mol. The molecule has 0 radical (unpaired) electrons. The van der Waals surface area contributed by atoms with Crippen LogP contribution in [0.15, 0.2) is 16.6 Å². The number of halogens is 3. The maximum Gasteiger partial charge on any atom is 0.173 e. The molecule has 1 aromatic heterocycles. The Morgan fingerprint density at radius 2 is 2.15 bits per heavy atom.